The first kappa shape index (κ1) is 14.0. The lowest BCUT2D eigenvalue weighted by Gasteiger charge is -2.14. The van der Waals surface area contributed by atoms with Crippen LogP contribution in [0.1, 0.15) is 30.9 Å². The van der Waals surface area contributed by atoms with Crippen LogP contribution >= 0.6 is 0 Å². The number of fused-ring (bicyclic) bond motifs is 1. The van der Waals surface area contributed by atoms with E-state index in [1.807, 2.05) is 26.0 Å². The Balaban J connectivity index is 1.81. The summed E-state index contributed by atoms with van der Waals surface area (Å²) in [6.07, 6.45) is 0. The number of rotatable bonds is 2. The van der Waals surface area contributed by atoms with Gasteiger partial charge < -0.3 is 13.8 Å². The number of aromatic nitrogens is 3. The molecule has 0 saturated heterocycles. The van der Waals surface area contributed by atoms with Crippen molar-refractivity contribution in [2.75, 3.05) is 6.61 Å². The Hall–Kier alpha value is -2.63. The summed E-state index contributed by atoms with van der Waals surface area (Å²) in [5.41, 5.74) is 3.47. The SMILES string of the molecule is Cc1noc(C)c1-c1noc(-c2cccc3c2OCC3(C)C)n1. The molecule has 1 aliphatic heterocycles. The van der Waals surface area contributed by atoms with Crippen LogP contribution in [-0.2, 0) is 5.41 Å². The van der Waals surface area contributed by atoms with E-state index >= 15 is 0 Å². The van der Waals surface area contributed by atoms with Crippen LogP contribution in [0.15, 0.2) is 27.2 Å². The summed E-state index contributed by atoms with van der Waals surface area (Å²) >= 11 is 0. The van der Waals surface area contributed by atoms with Crippen molar-refractivity contribution in [1.82, 2.24) is 15.3 Å². The third kappa shape index (κ3) is 2.05. The van der Waals surface area contributed by atoms with Crippen molar-refractivity contribution in [1.29, 1.82) is 0 Å². The third-order valence-corrected chi connectivity index (χ3v) is 4.23. The summed E-state index contributed by atoms with van der Waals surface area (Å²) < 4.78 is 16.5. The van der Waals surface area contributed by atoms with Crippen molar-refractivity contribution in [2.24, 2.45) is 0 Å². The van der Waals surface area contributed by atoms with Crippen LogP contribution < -0.4 is 4.74 Å². The quantitative estimate of drug-likeness (QED) is 0.718. The largest absolute Gasteiger partial charge is 0.492 e. The number of nitrogens with zero attached hydrogens (tertiary/aromatic N) is 3. The zero-order valence-electron chi connectivity index (χ0n) is 13.5. The van der Waals surface area contributed by atoms with E-state index in [9.17, 15) is 0 Å². The molecule has 118 valence electrons. The summed E-state index contributed by atoms with van der Waals surface area (Å²) in [4.78, 5) is 4.51. The van der Waals surface area contributed by atoms with Crippen LogP contribution in [0.25, 0.3) is 22.8 Å². The van der Waals surface area contributed by atoms with E-state index < -0.39 is 0 Å². The molecule has 0 saturated carbocycles. The molecule has 0 aliphatic carbocycles. The molecule has 0 fully saturated rings. The molecule has 0 unspecified atom stereocenters. The number of para-hydroxylation sites is 1. The van der Waals surface area contributed by atoms with E-state index in [1.54, 1.807) is 0 Å². The van der Waals surface area contributed by atoms with Gasteiger partial charge in [-0.2, -0.15) is 4.98 Å². The monoisotopic (exact) mass is 311 g/mol. The fraction of sp³-hybridized carbons (Fsp3) is 0.353. The average molecular weight is 311 g/mol. The van der Waals surface area contributed by atoms with Crippen LogP contribution in [0.3, 0.4) is 0 Å². The Morgan fingerprint density at radius 3 is 2.65 bits per heavy atom. The van der Waals surface area contributed by atoms with Gasteiger partial charge in [-0.15, -0.1) is 0 Å². The standard InChI is InChI=1S/C17H17N3O3/c1-9-13(10(2)22-19-9)15-18-16(23-20-15)11-6-5-7-12-14(11)21-8-17(12,3)4/h5-7H,8H2,1-4H3. The summed E-state index contributed by atoms with van der Waals surface area (Å²) in [7, 11) is 0. The van der Waals surface area contributed by atoms with Gasteiger partial charge in [-0.05, 0) is 19.9 Å². The first-order valence-corrected chi connectivity index (χ1v) is 7.51. The lowest BCUT2D eigenvalue weighted by molar-refractivity contribution is 0.291. The normalized spacial score (nSPS) is 15.5. The topological polar surface area (TPSA) is 74.2 Å². The molecule has 6 nitrogen and oxygen atoms in total. The van der Waals surface area contributed by atoms with E-state index in [1.165, 1.54) is 0 Å². The number of benzene rings is 1. The lowest BCUT2D eigenvalue weighted by Crippen LogP contribution is -2.18. The second-order valence-electron chi connectivity index (χ2n) is 6.48. The summed E-state index contributed by atoms with van der Waals surface area (Å²) in [5.74, 6) is 2.41. The summed E-state index contributed by atoms with van der Waals surface area (Å²) in [6, 6.07) is 6.01. The molecule has 0 N–H and O–H groups in total. The minimum Gasteiger partial charge on any atom is -0.492 e. The fourth-order valence-corrected chi connectivity index (χ4v) is 2.96. The Bertz CT molecular complexity index is 873. The van der Waals surface area contributed by atoms with E-state index in [2.05, 4.69) is 35.2 Å². The molecule has 0 bridgehead atoms. The van der Waals surface area contributed by atoms with Gasteiger partial charge in [-0.3, -0.25) is 0 Å². The summed E-state index contributed by atoms with van der Waals surface area (Å²) in [6.45, 7) is 8.65. The minimum absolute atomic E-state index is 0.0180. The molecule has 23 heavy (non-hydrogen) atoms. The van der Waals surface area contributed by atoms with E-state index in [4.69, 9.17) is 13.8 Å². The third-order valence-electron chi connectivity index (χ3n) is 4.23. The predicted molar refractivity (Wildman–Crippen MR) is 83.2 cm³/mol. The first-order valence-electron chi connectivity index (χ1n) is 7.51. The van der Waals surface area contributed by atoms with Crippen LogP contribution in [0.5, 0.6) is 5.75 Å². The number of aryl methyl sites for hydroxylation is 2. The van der Waals surface area contributed by atoms with E-state index in [0.29, 0.717) is 24.1 Å². The van der Waals surface area contributed by atoms with Gasteiger partial charge in [0.25, 0.3) is 5.89 Å². The van der Waals surface area contributed by atoms with Crippen molar-refractivity contribution in [3.05, 3.63) is 35.2 Å². The van der Waals surface area contributed by atoms with Crippen LogP contribution in [-0.4, -0.2) is 21.9 Å². The Morgan fingerprint density at radius 1 is 1.09 bits per heavy atom. The van der Waals surface area contributed by atoms with E-state index in [-0.39, 0.29) is 5.41 Å². The maximum absolute atomic E-state index is 5.89. The first-order chi connectivity index (χ1) is 11.0. The highest BCUT2D eigenvalue weighted by Crippen LogP contribution is 2.44. The molecule has 1 aromatic carbocycles. The van der Waals surface area contributed by atoms with Gasteiger partial charge in [-0.25, -0.2) is 0 Å². The van der Waals surface area contributed by atoms with Gasteiger partial charge in [-0.1, -0.05) is 36.3 Å². The van der Waals surface area contributed by atoms with Crippen molar-refractivity contribution >= 4 is 0 Å². The molecule has 0 amide bonds. The maximum atomic E-state index is 5.89. The Morgan fingerprint density at radius 2 is 1.91 bits per heavy atom. The van der Waals surface area contributed by atoms with Crippen molar-refractivity contribution in [3.8, 4) is 28.6 Å². The molecular formula is C17H17N3O3. The van der Waals surface area contributed by atoms with E-state index in [0.717, 1.165) is 28.1 Å². The highest BCUT2D eigenvalue weighted by molar-refractivity contribution is 5.70. The molecule has 0 radical (unpaired) electrons. The van der Waals surface area contributed by atoms with Gasteiger partial charge in [0.1, 0.15) is 11.5 Å². The van der Waals surface area contributed by atoms with Gasteiger partial charge >= 0.3 is 0 Å². The molecule has 1 aliphatic rings. The molecule has 4 rings (SSSR count). The number of hydrogen-bond donors (Lipinski definition) is 0. The number of hydrogen-bond acceptors (Lipinski definition) is 6. The van der Waals surface area contributed by atoms with Crippen LogP contribution in [0.4, 0.5) is 0 Å². The molecule has 0 atom stereocenters. The van der Waals surface area contributed by atoms with Gasteiger partial charge in [0, 0.05) is 11.0 Å². The molecule has 3 heterocycles. The number of ether oxygens (including phenoxy) is 1. The molecule has 6 heteroatoms. The second kappa shape index (κ2) is 4.68. The molecule has 0 spiro atoms. The van der Waals surface area contributed by atoms with Gasteiger partial charge in [0.2, 0.25) is 5.82 Å². The van der Waals surface area contributed by atoms with Crippen LogP contribution in [0, 0.1) is 13.8 Å². The fourth-order valence-electron chi connectivity index (χ4n) is 2.96. The van der Waals surface area contributed by atoms with Gasteiger partial charge in [0.15, 0.2) is 0 Å². The lowest BCUT2D eigenvalue weighted by atomic mass is 9.86. The summed E-state index contributed by atoms with van der Waals surface area (Å²) in [5, 5.41) is 8.01. The van der Waals surface area contributed by atoms with Crippen molar-refractivity contribution in [2.45, 2.75) is 33.1 Å². The maximum Gasteiger partial charge on any atom is 0.262 e. The van der Waals surface area contributed by atoms with Crippen molar-refractivity contribution < 1.29 is 13.8 Å². The molecule has 2 aromatic heterocycles. The van der Waals surface area contributed by atoms with Crippen molar-refractivity contribution in [3.63, 3.8) is 0 Å². The van der Waals surface area contributed by atoms with Gasteiger partial charge in [0.05, 0.1) is 23.4 Å². The molecule has 3 aromatic rings. The zero-order chi connectivity index (χ0) is 16.2. The Labute approximate surface area is 133 Å². The highest BCUT2D eigenvalue weighted by Gasteiger charge is 2.34. The average Bonchev–Trinajstić information content (AvgIpc) is 3.19. The molecular weight excluding hydrogens is 294 g/mol. The zero-order valence-corrected chi connectivity index (χ0v) is 13.5. The second-order valence-corrected chi connectivity index (χ2v) is 6.48. The Kier molecular flexibility index (Phi) is 2.85. The minimum atomic E-state index is -0.0180. The predicted octanol–water partition coefficient (Wildman–Crippen LogP) is 3.68. The smallest absolute Gasteiger partial charge is 0.262 e. The van der Waals surface area contributed by atoms with Crippen LogP contribution in [0.2, 0.25) is 0 Å². The highest BCUT2D eigenvalue weighted by atomic mass is 16.5.